The fraction of sp³-hybridized carbons (Fsp3) is 0.412. The summed E-state index contributed by atoms with van der Waals surface area (Å²) >= 11 is 0. The molecule has 1 heterocycles. The lowest BCUT2D eigenvalue weighted by molar-refractivity contribution is 0.526. The largest absolute Gasteiger partial charge is 0.461 e. The molecular formula is C17H23NO. The highest BCUT2D eigenvalue weighted by Crippen LogP contribution is 2.27. The minimum Gasteiger partial charge on any atom is -0.461 e. The van der Waals surface area contributed by atoms with Crippen molar-refractivity contribution in [1.82, 2.24) is 5.32 Å². The minimum absolute atomic E-state index is 0.850. The van der Waals surface area contributed by atoms with Gasteiger partial charge in [-0.1, -0.05) is 43.7 Å². The van der Waals surface area contributed by atoms with E-state index < -0.39 is 0 Å². The van der Waals surface area contributed by atoms with Gasteiger partial charge >= 0.3 is 0 Å². The van der Waals surface area contributed by atoms with Crippen LogP contribution in [-0.2, 0) is 13.0 Å². The summed E-state index contributed by atoms with van der Waals surface area (Å²) in [6.45, 7) is 9.88. The molecule has 0 bridgehead atoms. The highest BCUT2D eigenvalue weighted by Gasteiger charge is 2.12. The third-order valence-electron chi connectivity index (χ3n) is 3.27. The predicted molar refractivity (Wildman–Crippen MR) is 81.3 cm³/mol. The molecule has 1 aromatic heterocycles. The zero-order valence-electron chi connectivity index (χ0n) is 12.0. The molecular weight excluding hydrogens is 234 g/mol. The molecule has 0 radical (unpaired) electrons. The van der Waals surface area contributed by atoms with Gasteiger partial charge in [0.25, 0.3) is 0 Å². The molecule has 0 aliphatic heterocycles. The van der Waals surface area contributed by atoms with E-state index >= 15 is 0 Å². The van der Waals surface area contributed by atoms with E-state index in [0.29, 0.717) is 0 Å². The van der Waals surface area contributed by atoms with E-state index in [2.05, 4.69) is 31.0 Å². The molecule has 1 N–H and O–H groups in total. The van der Waals surface area contributed by atoms with E-state index in [1.54, 1.807) is 0 Å². The number of nitrogens with one attached hydrogen (secondary N) is 1. The molecule has 0 atom stereocenters. The Morgan fingerprint density at radius 3 is 2.84 bits per heavy atom. The van der Waals surface area contributed by atoms with Crippen LogP contribution in [0.25, 0.3) is 11.0 Å². The Morgan fingerprint density at radius 2 is 2.11 bits per heavy atom. The van der Waals surface area contributed by atoms with Crippen LogP contribution in [0.1, 0.15) is 38.0 Å². The number of hydrogen-bond donors (Lipinski definition) is 1. The first-order valence-corrected chi connectivity index (χ1v) is 7.06. The van der Waals surface area contributed by atoms with Crippen molar-refractivity contribution >= 4 is 11.0 Å². The second-order valence-electron chi connectivity index (χ2n) is 5.16. The van der Waals surface area contributed by atoms with E-state index in [1.807, 2.05) is 19.1 Å². The number of benzene rings is 1. The van der Waals surface area contributed by atoms with Gasteiger partial charge in [-0.25, -0.2) is 0 Å². The number of aryl methyl sites for hydroxylation is 1. The van der Waals surface area contributed by atoms with Gasteiger partial charge in [-0.15, -0.1) is 0 Å². The van der Waals surface area contributed by atoms with Crippen LogP contribution in [0, 0.1) is 0 Å². The molecule has 0 amide bonds. The Bertz CT molecular complexity index is 553. The van der Waals surface area contributed by atoms with Crippen molar-refractivity contribution in [2.45, 2.75) is 39.7 Å². The maximum atomic E-state index is 6.00. The van der Waals surface area contributed by atoms with Crippen molar-refractivity contribution in [3.05, 3.63) is 47.7 Å². The third kappa shape index (κ3) is 3.48. The molecule has 0 aliphatic carbocycles. The number of para-hydroxylation sites is 1. The van der Waals surface area contributed by atoms with Crippen LogP contribution in [0.3, 0.4) is 0 Å². The van der Waals surface area contributed by atoms with Crippen molar-refractivity contribution in [1.29, 1.82) is 0 Å². The Labute approximate surface area is 115 Å². The van der Waals surface area contributed by atoms with Gasteiger partial charge in [0.1, 0.15) is 11.3 Å². The van der Waals surface area contributed by atoms with Gasteiger partial charge in [0, 0.05) is 30.5 Å². The summed E-state index contributed by atoms with van der Waals surface area (Å²) in [5, 5.41) is 4.68. The van der Waals surface area contributed by atoms with E-state index in [9.17, 15) is 0 Å². The van der Waals surface area contributed by atoms with Crippen LogP contribution in [0.5, 0.6) is 0 Å². The topological polar surface area (TPSA) is 25.2 Å². The molecule has 0 fully saturated rings. The van der Waals surface area contributed by atoms with E-state index in [4.69, 9.17) is 4.42 Å². The highest BCUT2D eigenvalue weighted by atomic mass is 16.3. The lowest BCUT2D eigenvalue weighted by Gasteiger charge is -2.05. The summed E-state index contributed by atoms with van der Waals surface area (Å²) < 4.78 is 6.00. The van der Waals surface area contributed by atoms with Crippen molar-refractivity contribution < 1.29 is 4.42 Å². The lowest BCUT2D eigenvalue weighted by atomic mass is 10.1. The van der Waals surface area contributed by atoms with Gasteiger partial charge < -0.3 is 9.73 Å². The Kier molecular flexibility index (Phi) is 4.80. The fourth-order valence-electron chi connectivity index (χ4n) is 2.28. The van der Waals surface area contributed by atoms with Gasteiger partial charge in [-0.05, 0) is 19.4 Å². The third-order valence-corrected chi connectivity index (χ3v) is 3.27. The first-order valence-electron chi connectivity index (χ1n) is 7.06. The molecule has 2 aromatic rings. The smallest absolute Gasteiger partial charge is 0.134 e. The first-order chi connectivity index (χ1) is 9.22. The van der Waals surface area contributed by atoms with Gasteiger partial charge in [0.2, 0.25) is 0 Å². The Balaban J connectivity index is 2.23. The van der Waals surface area contributed by atoms with Crippen LogP contribution >= 0.6 is 0 Å². The van der Waals surface area contributed by atoms with Crippen molar-refractivity contribution in [3.8, 4) is 0 Å². The number of unbranched alkanes of at least 4 members (excludes halogenated alkanes) is 1. The predicted octanol–water partition coefficient (Wildman–Crippen LogP) is 4.44. The molecule has 0 spiro atoms. The van der Waals surface area contributed by atoms with E-state index in [1.165, 1.54) is 23.8 Å². The fourth-order valence-corrected chi connectivity index (χ4v) is 2.28. The molecule has 1 aromatic carbocycles. The number of fused-ring (bicyclic) bond motifs is 1. The van der Waals surface area contributed by atoms with Crippen LogP contribution < -0.4 is 5.32 Å². The minimum atomic E-state index is 0.850. The standard InChI is InChI=1S/C17H23NO/c1-4-5-9-17-15(12-18-11-13(2)3)14-8-6-7-10-16(14)19-17/h6-8,10,18H,2,4-5,9,11-12H2,1,3H3. The monoisotopic (exact) mass is 257 g/mol. The van der Waals surface area contributed by atoms with Gasteiger partial charge in [0.05, 0.1) is 0 Å². The van der Waals surface area contributed by atoms with Gasteiger partial charge in [-0.2, -0.15) is 0 Å². The Hall–Kier alpha value is -1.54. The molecule has 102 valence electrons. The summed E-state index contributed by atoms with van der Waals surface area (Å²) in [6, 6.07) is 8.29. The first kappa shape index (κ1) is 13.9. The molecule has 2 rings (SSSR count). The van der Waals surface area contributed by atoms with Crippen LogP contribution in [0.15, 0.2) is 40.8 Å². The SMILES string of the molecule is C=C(C)CNCc1c(CCCC)oc2ccccc12. The van der Waals surface area contributed by atoms with Crippen molar-refractivity contribution in [3.63, 3.8) is 0 Å². The average molecular weight is 257 g/mol. The maximum Gasteiger partial charge on any atom is 0.134 e. The van der Waals surface area contributed by atoms with Gasteiger partial charge in [0.15, 0.2) is 0 Å². The second-order valence-corrected chi connectivity index (χ2v) is 5.16. The average Bonchev–Trinajstić information content (AvgIpc) is 2.74. The van der Waals surface area contributed by atoms with Gasteiger partial charge in [-0.3, -0.25) is 0 Å². The molecule has 2 nitrogen and oxygen atoms in total. The number of furan rings is 1. The summed E-state index contributed by atoms with van der Waals surface area (Å²) in [5.74, 6) is 1.14. The summed E-state index contributed by atoms with van der Waals surface area (Å²) in [5.41, 5.74) is 3.47. The molecule has 0 saturated heterocycles. The zero-order valence-corrected chi connectivity index (χ0v) is 12.0. The molecule has 19 heavy (non-hydrogen) atoms. The maximum absolute atomic E-state index is 6.00. The van der Waals surface area contributed by atoms with Crippen LogP contribution in [-0.4, -0.2) is 6.54 Å². The van der Waals surface area contributed by atoms with Crippen molar-refractivity contribution in [2.24, 2.45) is 0 Å². The Morgan fingerprint density at radius 1 is 1.32 bits per heavy atom. The van der Waals surface area contributed by atoms with Crippen LogP contribution in [0.4, 0.5) is 0 Å². The summed E-state index contributed by atoms with van der Waals surface area (Å²) in [7, 11) is 0. The van der Waals surface area contributed by atoms with E-state index in [0.717, 1.165) is 36.4 Å². The summed E-state index contributed by atoms with van der Waals surface area (Å²) in [4.78, 5) is 0. The quantitative estimate of drug-likeness (QED) is 0.742. The summed E-state index contributed by atoms with van der Waals surface area (Å²) in [6.07, 6.45) is 3.39. The molecule has 0 aliphatic rings. The lowest BCUT2D eigenvalue weighted by Crippen LogP contribution is -2.15. The van der Waals surface area contributed by atoms with Crippen molar-refractivity contribution in [2.75, 3.05) is 6.54 Å². The second kappa shape index (κ2) is 6.58. The highest BCUT2D eigenvalue weighted by molar-refractivity contribution is 5.82. The zero-order chi connectivity index (χ0) is 13.7. The van der Waals surface area contributed by atoms with Crippen LogP contribution in [0.2, 0.25) is 0 Å². The molecule has 2 heteroatoms. The number of rotatable bonds is 7. The molecule has 0 saturated carbocycles. The molecule has 0 unspecified atom stereocenters. The van der Waals surface area contributed by atoms with E-state index in [-0.39, 0.29) is 0 Å². The number of hydrogen-bond acceptors (Lipinski definition) is 2. The normalized spacial score (nSPS) is 11.1.